The van der Waals surface area contributed by atoms with Crippen LogP contribution in [0.15, 0.2) is 60.7 Å². The van der Waals surface area contributed by atoms with Gasteiger partial charge in [-0.25, -0.2) is 0 Å². The Balaban J connectivity index is 0.000000227. The first-order valence-corrected chi connectivity index (χ1v) is 4.39. The highest BCUT2D eigenvalue weighted by atomic mass is 35.5. The molecule has 1 radical (unpaired) electrons. The summed E-state index contributed by atoms with van der Waals surface area (Å²) < 4.78 is 0. The van der Waals surface area contributed by atoms with Crippen molar-refractivity contribution >= 4 is 34.7 Å². The van der Waals surface area contributed by atoms with E-state index in [1.807, 2.05) is 60.7 Å². The van der Waals surface area contributed by atoms with Crippen LogP contribution in [0.1, 0.15) is 0 Å². The third-order valence-corrected chi connectivity index (χ3v) is 1.59. The van der Waals surface area contributed by atoms with Gasteiger partial charge in [-0.2, -0.15) is 0 Å². The molecule has 0 bridgehead atoms. The smallest absolute Gasteiger partial charge is 0.0843 e. The van der Waals surface area contributed by atoms with Crippen LogP contribution in [0.25, 0.3) is 0 Å². The van der Waals surface area contributed by atoms with Crippen LogP contribution < -0.4 is 0 Å². The molecule has 0 aromatic heterocycles. The Labute approximate surface area is 106 Å². The Morgan fingerprint density at radius 1 is 0.786 bits per heavy atom. The second-order valence-corrected chi connectivity index (χ2v) is 2.81. The van der Waals surface area contributed by atoms with E-state index >= 15 is 0 Å². The van der Waals surface area contributed by atoms with Crippen LogP contribution in [0, 0.1) is 6.07 Å². The highest BCUT2D eigenvalue weighted by molar-refractivity contribution is 6.30. The lowest BCUT2D eigenvalue weighted by Crippen LogP contribution is -1.55. The highest BCUT2D eigenvalue weighted by Gasteiger charge is 1.74. The van der Waals surface area contributed by atoms with Crippen molar-refractivity contribution in [3.63, 3.8) is 0 Å². The maximum Gasteiger partial charge on any atom is 0.316 e. The summed E-state index contributed by atoms with van der Waals surface area (Å²) in [7, 11) is 0. The van der Waals surface area contributed by atoms with Crippen LogP contribution in [0.3, 0.4) is 0 Å². The molecule has 0 atom stereocenters. The van der Waals surface area contributed by atoms with Gasteiger partial charge in [0.05, 0.1) is 0 Å². The van der Waals surface area contributed by atoms with E-state index < -0.39 is 0 Å². The largest absolute Gasteiger partial charge is 0.316 e. The van der Waals surface area contributed by atoms with Gasteiger partial charge in [-0.05, 0) is 18.2 Å². The molecule has 2 heteroatoms. The van der Waals surface area contributed by atoms with Crippen LogP contribution in [0.4, 0.5) is 0 Å². The lowest BCUT2D eigenvalue weighted by atomic mass is 10.4. The first kappa shape index (κ1) is 13.5. The van der Waals surface area contributed by atoms with E-state index in [0.717, 1.165) is 5.02 Å². The van der Waals surface area contributed by atoms with Gasteiger partial charge in [-0.15, -0.1) is 0 Å². The Hall–Kier alpha value is -0.504. The van der Waals surface area contributed by atoms with Crippen molar-refractivity contribution in [2.24, 2.45) is 0 Å². The molecule has 0 N–H and O–H groups in total. The molecule has 0 heterocycles. The molecule has 2 aromatic carbocycles. The van der Waals surface area contributed by atoms with Gasteiger partial charge in [0.25, 0.3) is 0 Å². The lowest BCUT2D eigenvalue weighted by Gasteiger charge is -1.80. The van der Waals surface area contributed by atoms with Crippen molar-refractivity contribution in [3.8, 4) is 0 Å². The SMILES string of the molecule is Clc1ccccc1.[MgH2].[c]1ccccc1. The minimum atomic E-state index is 0. The summed E-state index contributed by atoms with van der Waals surface area (Å²) in [5.41, 5.74) is 0. The summed E-state index contributed by atoms with van der Waals surface area (Å²) in [6, 6.07) is 21.9. The van der Waals surface area contributed by atoms with E-state index in [-0.39, 0.29) is 23.1 Å². The number of halogens is 1. The third-order valence-electron chi connectivity index (χ3n) is 1.34. The van der Waals surface area contributed by atoms with Crippen molar-refractivity contribution in [1.29, 1.82) is 0 Å². The Morgan fingerprint density at radius 3 is 1.50 bits per heavy atom. The van der Waals surface area contributed by atoms with Gasteiger partial charge < -0.3 is 0 Å². The van der Waals surface area contributed by atoms with E-state index in [9.17, 15) is 0 Å². The molecular weight excluding hydrogens is 204 g/mol. The molecule has 0 aliphatic carbocycles. The van der Waals surface area contributed by atoms with Gasteiger partial charge in [0.15, 0.2) is 0 Å². The predicted octanol–water partition coefficient (Wildman–Crippen LogP) is 2.91. The van der Waals surface area contributed by atoms with E-state index in [1.54, 1.807) is 0 Å². The normalized spacial score (nSPS) is 7.79. The average molecular weight is 216 g/mol. The summed E-state index contributed by atoms with van der Waals surface area (Å²) in [6.45, 7) is 0. The number of hydrogen-bond donors (Lipinski definition) is 0. The number of benzene rings is 2. The molecule has 2 rings (SSSR count). The van der Waals surface area contributed by atoms with Gasteiger partial charge in [0, 0.05) is 5.02 Å². The second-order valence-electron chi connectivity index (χ2n) is 2.37. The quantitative estimate of drug-likeness (QED) is 0.594. The van der Waals surface area contributed by atoms with Crippen molar-refractivity contribution in [2.75, 3.05) is 0 Å². The summed E-state index contributed by atoms with van der Waals surface area (Å²) >= 11 is 5.54. The van der Waals surface area contributed by atoms with Crippen LogP contribution in [0.5, 0.6) is 0 Å². The standard InChI is InChI=1S/C6H5Cl.C6H5.Mg.2H/c7-6-4-2-1-3-5-6;1-2-4-6-5-3-1;;;/h1-5H;1-5H;;;. The Kier molecular flexibility index (Phi) is 8.74. The van der Waals surface area contributed by atoms with Crippen LogP contribution >= 0.6 is 11.6 Å². The topological polar surface area (TPSA) is 0 Å². The van der Waals surface area contributed by atoms with Crippen molar-refractivity contribution in [2.45, 2.75) is 0 Å². The minimum Gasteiger partial charge on any atom is -0.0843 e. The fourth-order valence-corrected chi connectivity index (χ4v) is 0.902. The lowest BCUT2D eigenvalue weighted by molar-refractivity contribution is 1.70. The van der Waals surface area contributed by atoms with E-state index in [1.165, 1.54) is 0 Å². The molecule has 0 aliphatic heterocycles. The van der Waals surface area contributed by atoms with Gasteiger partial charge in [-0.3, -0.25) is 0 Å². The number of rotatable bonds is 0. The van der Waals surface area contributed by atoms with Crippen molar-refractivity contribution < 1.29 is 0 Å². The maximum absolute atomic E-state index is 5.54. The maximum atomic E-state index is 5.54. The average Bonchev–Trinajstić information content (AvgIpc) is 2.22. The molecule has 0 aliphatic rings. The monoisotopic (exact) mass is 215 g/mol. The summed E-state index contributed by atoms with van der Waals surface area (Å²) in [4.78, 5) is 0. The molecule has 0 unspecified atom stereocenters. The van der Waals surface area contributed by atoms with Gasteiger partial charge in [0.2, 0.25) is 0 Å². The zero-order valence-electron chi connectivity index (χ0n) is 7.15. The molecule has 0 saturated heterocycles. The van der Waals surface area contributed by atoms with Crippen LogP contribution in [0.2, 0.25) is 5.02 Å². The second kappa shape index (κ2) is 9.07. The molecular formula is C12H12ClMg. The molecule has 2 aromatic rings. The fraction of sp³-hybridized carbons (Fsp3) is 0. The predicted molar refractivity (Wildman–Crippen MR) is 65.3 cm³/mol. The highest BCUT2D eigenvalue weighted by Crippen LogP contribution is 2.03. The summed E-state index contributed by atoms with van der Waals surface area (Å²) in [5.74, 6) is 0. The third kappa shape index (κ3) is 6.95. The molecule has 14 heavy (non-hydrogen) atoms. The van der Waals surface area contributed by atoms with Crippen LogP contribution in [-0.2, 0) is 0 Å². The fourth-order valence-electron chi connectivity index (χ4n) is 0.757. The van der Waals surface area contributed by atoms with Gasteiger partial charge in [-0.1, -0.05) is 60.1 Å². The molecule has 0 nitrogen and oxygen atoms in total. The van der Waals surface area contributed by atoms with E-state index in [2.05, 4.69) is 6.07 Å². The molecule has 69 valence electrons. The van der Waals surface area contributed by atoms with Crippen molar-refractivity contribution in [1.82, 2.24) is 0 Å². The first-order chi connectivity index (χ1) is 6.39. The Morgan fingerprint density at radius 2 is 1.29 bits per heavy atom. The molecule has 0 saturated carbocycles. The van der Waals surface area contributed by atoms with Crippen molar-refractivity contribution in [3.05, 3.63) is 71.8 Å². The Bertz CT molecular complexity index is 281. The molecule has 0 amide bonds. The zero-order valence-corrected chi connectivity index (χ0v) is 7.91. The van der Waals surface area contributed by atoms with E-state index in [0.29, 0.717) is 0 Å². The van der Waals surface area contributed by atoms with Crippen LogP contribution in [-0.4, -0.2) is 23.1 Å². The first-order valence-electron chi connectivity index (χ1n) is 4.01. The van der Waals surface area contributed by atoms with E-state index in [4.69, 9.17) is 11.6 Å². The zero-order chi connectivity index (χ0) is 9.36. The van der Waals surface area contributed by atoms with Gasteiger partial charge in [0.1, 0.15) is 0 Å². The summed E-state index contributed by atoms with van der Waals surface area (Å²) in [5, 5.41) is 0.794. The summed E-state index contributed by atoms with van der Waals surface area (Å²) in [6.07, 6.45) is 0. The minimum absolute atomic E-state index is 0. The van der Waals surface area contributed by atoms with Gasteiger partial charge >= 0.3 is 23.1 Å². The number of hydrogen-bond acceptors (Lipinski definition) is 0. The molecule has 0 fully saturated rings. The molecule has 0 spiro atoms.